The summed E-state index contributed by atoms with van der Waals surface area (Å²) in [7, 11) is 1.63. The van der Waals surface area contributed by atoms with Crippen molar-refractivity contribution in [3.05, 3.63) is 46.1 Å². The third kappa shape index (κ3) is 2.60. The first kappa shape index (κ1) is 13.2. The van der Waals surface area contributed by atoms with Crippen LogP contribution in [0.4, 0.5) is 0 Å². The number of nitrogens with zero attached hydrogens (tertiary/aromatic N) is 6. The minimum absolute atomic E-state index is 0.136. The lowest BCUT2D eigenvalue weighted by Crippen LogP contribution is -2.23. The molecule has 3 aromatic heterocycles. The van der Waals surface area contributed by atoms with Gasteiger partial charge in [0.15, 0.2) is 0 Å². The van der Waals surface area contributed by atoms with Gasteiger partial charge in [-0.2, -0.15) is 10.1 Å². The second-order valence-electron chi connectivity index (χ2n) is 4.86. The summed E-state index contributed by atoms with van der Waals surface area (Å²) in [5.41, 5.74) is 2.37. The molecule has 0 saturated heterocycles. The Bertz CT molecular complexity index is 824. The summed E-state index contributed by atoms with van der Waals surface area (Å²) >= 11 is 0. The van der Waals surface area contributed by atoms with E-state index in [-0.39, 0.29) is 12.2 Å². The molecule has 3 rings (SSSR count). The van der Waals surface area contributed by atoms with Gasteiger partial charge in [0.1, 0.15) is 18.6 Å². The average Bonchev–Trinajstić information content (AvgIpc) is 3.00. The molecule has 0 bridgehead atoms. The molecule has 0 aliphatic heterocycles. The molecule has 0 atom stereocenters. The van der Waals surface area contributed by atoms with E-state index in [0.717, 1.165) is 11.3 Å². The first-order valence-electron chi connectivity index (χ1n) is 6.39. The minimum atomic E-state index is -0.237. The van der Waals surface area contributed by atoms with Gasteiger partial charge < -0.3 is 4.52 Å². The van der Waals surface area contributed by atoms with Crippen LogP contribution in [0.15, 0.2) is 27.8 Å². The molecule has 3 aromatic rings. The highest BCUT2D eigenvalue weighted by molar-refractivity contribution is 5.49. The molecule has 0 saturated carbocycles. The Kier molecular flexibility index (Phi) is 3.13. The van der Waals surface area contributed by atoms with Crippen molar-refractivity contribution >= 4 is 0 Å². The van der Waals surface area contributed by atoms with E-state index in [4.69, 9.17) is 4.52 Å². The van der Waals surface area contributed by atoms with Crippen molar-refractivity contribution in [3.63, 3.8) is 0 Å². The molecule has 3 heterocycles. The Morgan fingerprint density at radius 2 is 2.05 bits per heavy atom. The molecule has 8 nitrogen and oxygen atoms in total. The first-order chi connectivity index (χ1) is 10.0. The molecule has 0 aliphatic rings. The average molecular weight is 286 g/mol. The highest BCUT2D eigenvalue weighted by Gasteiger charge is 2.13. The fraction of sp³-hybridized carbons (Fsp3) is 0.308. The number of hydrogen-bond donors (Lipinski definition) is 0. The molecule has 21 heavy (non-hydrogen) atoms. The Hall–Kier alpha value is -2.77. The predicted octanol–water partition coefficient (Wildman–Crippen LogP) is 0.692. The predicted molar refractivity (Wildman–Crippen MR) is 73.6 cm³/mol. The smallest absolute Gasteiger partial charge is 0.337 e. The van der Waals surface area contributed by atoms with Crippen LogP contribution in [0.2, 0.25) is 0 Å². The zero-order chi connectivity index (χ0) is 15.0. The van der Waals surface area contributed by atoms with Gasteiger partial charge in [0, 0.05) is 12.7 Å². The van der Waals surface area contributed by atoms with E-state index in [9.17, 15) is 4.79 Å². The molecule has 8 heteroatoms. The highest BCUT2D eigenvalue weighted by atomic mass is 16.5. The fourth-order valence-corrected chi connectivity index (χ4v) is 2.04. The normalized spacial score (nSPS) is 11.0. The molecule has 0 aromatic carbocycles. The molecule has 108 valence electrons. The summed E-state index contributed by atoms with van der Waals surface area (Å²) in [4.78, 5) is 20.3. The van der Waals surface area contributed by atoms with Crippen LogP contribution >= 0.6 is 0 Å². The molecule has 0 unspecified atom stereocenters. The number of aryl methyl sites for hydroxylation is 3. The molecule has 0 amide bonds. The summed E-state index contributed by atoms with van der Waals surface area (Å²) in [5, 5.41) is 7.85. The van der Waals surface area contributed by atoms with Crippen LogP contribution in [0.1, 0.15) is 17.1 Å². The van der Waals surface area contributed by atoms with Gasteiger partial charge in [0.2, 0.25) is 11.7 Å². The zero-order valence-corrected chi connectivity index (χ0v) is 11.9. The SMILES string of the molecule is Cc1cc(C)nc(-c2noc(Cn3ncn(C)c3=O)n2)c1. The van der Waals surface area contributed by atoms with Crippen molar-refractivity contribution < 1.29 is 4.52 Å². The van der Waals surface area contributed by atoms with E-state index in [1.165, 1.54) is 15.6 Å². The monoisotopic (exact) mass is 286 g/mol. The topological polar surface area (TPSA) is 91.6 Å². The second-order valence-corrected chi connectivity index (χ2v) is 4.86. The first-order valence-corrected chi connectivity index (χ1v) is 6.39. The van der Waals surface area contributed by atoms with Gasteiger partial charge in [-0.1, -0.05) is 5.16 Å². The molecular weight excluding hydrogens is 272 g/mol. The summed E-state index contributed by atoms with van der Waals surface area (Å²) < 4.78 is 7.79. The molecular formula is C13H14N6O2. The molecule has 0 N–H and O–H groups in total. The molecule has 0 aliphatic carbocycles. The lowest BCUT2D eigenvalue weighted by atomic mass is 10.2. The van der Waals surface area contributed by atoms with Gasteiger partial charge in [-0.3, -0.25) is 4.57 Å². The summed E-state index contributed by atoms with van der Waals surface area (Å²) in [5.74, 6) is 0.715. The molecule has 0 fully saturated rings. The third-order valence-electron chi connectivity index (χ3n) is 2.97. The minimum Gasteiger partial charge on any atom is -0.337 e. The summed E-state index contributed by atoms with van der Waals surface area (Å²) in [6, 6.07) is 3.85. The third-order valence-corrected chi connectivity index (χ3v) is 2.97. The molecule has 0 radical (unpaired) electrons. The lowest BCUT2D eigenvalue weighted by molar-refractivity contribution is 0.363. The van der Waals surface area contributed by atoms with E-state index in [2.05, 4.69) is 20.2 Å². The van der Waals surface area contributed by atoms with Crippen molar-refractivity contribution in [2.24, 2.45) is 7.05 Å². The maximum atomic E-state index is 11.7. The van der Waals surface area contributed by atoms with Crippen molar-refractivity contribution in [1.82, 2.24) is 29.5 Å². The Balaban J connectivity index is 1.89. The largest absolute Gasteiger partial charge is 0.345 e. The number of aromatic nitrogens is 6. The maximum absolute atomic E-state index is 11.7. The van der Waals surface area contributed by atoms with Crippen LogP contribution < -0.4 is 5.69 Å². The van der Waals surface area contributed by atoms with Gasteiger partial charge >= 0.3 is 5.69 Å². The van der Waals surface area contributed by atoms with Crippen molar-refractivity contribution in [3.8, 4) is 11.5 Å². The highest BCUT2D eigenvalue weighted by Crippen LogP contribution is 2.15. The Morgan fingerprint density at radius 3 is 2.71 bits per heavy atom. The van der Waals surface area contributed by atoms with Crippen molar-refractivity contribution in [2.45, 2.75) is 20.4 Å². The van der Waals surface area contributed by atoms with Gasteiger partial charge in [-0.05, 0) is 31.5 Å². The van der Waals surface area contributed by atoms with Crippen LogP contribution in [0.3, 0.4) is 0 Å². The fourth-order valence-electron chi connectivity index (χ4n) is 2.04. The van der Waals surface area contributed by atoms with Gasteiger partial charge in [-0.25, -0.2) is 14.5 Å². The van der Waals surface area contributed by atoms with Crippen LogP contribution in [0, 0.1) is 13.8 Å². The van der Waals surface area contributed by atoms with E-state index in [1.54, 1.807) is 7.05 Å². The number of rotatable bonds is 3. The van der Waals surface area contributed by atoms with E-state index < -0.39 is 0 Å². The number of pyridine rings is 1. The van der Waals surface area contributed by atoms with Crippen LogP contribution in [0.5, 0.6) is 0 Å². The van der Waals surface area contributed by atoms with Crippen LogP contribution in [-0.2, 0) is 13.6 Å². The second kappa shape index (κ2) is 4.97. The van der Waals surface area contributed by atoms with Crippen molar-refractivity contribution in [1.29, 1.82) is 0 Å². The van der Waals surface area contributed by atoms with Gasteiger partial charge in [0.05, 0.1) is 0 Å². The quantitative estimate of drug-likeness (QED) is 0.703. The molecule has 0 spiro atoms. The van der Waals surface area contributed by atoms with Crippen LogP contribution in [-0.4, -0.2) is 29.5 Å². The Morgan fingerprint density at radius 1 is 1.24 bits per heavy atom. The standard InChI is InChI=1S/C13H14N6O2/c1-8-4-9(2)15-10(5-8)12-16-11(21-17-12)6-19-13(20)18(3)7-14-19/h4-5,7H,6H2,1-3H3. The zero-order valence-electron chi connectivity index (χ0n) is 11.9. The van der Waals surface area contributed by atoms with Gasteiger partial charge in [-0.15, -0.1) is 0 Å². The van der Waals surface area contributed by atoms with Crippen molar-refractivity contribution in [2.75, 3.05) is 0 Å². The number of hydrogen-bond acceptors (Lipinski definition) is 6. The van der Waals surface area contributed by atoms with Crippen LogP contribution in [0.25, 0.3) is 11.5 Å². The summed E-state index contributed by atoms with van der Waals surface area (Å²) in [6.45, 7) is 4.02. The Labute approximate surface area is 120 Å². The van der Waals surface area contributed by atoms with Gasteiger partial charge in [0.25, 0.3) is 0 Å². The lowest BCUT2D eigenvalue weighted by Gasteiger charge is -1.98. The van der Waals surface area contributed by atoms with E-state index >= 15 is 0 Å². The summed E-state index contributed by atoms with van der Waals surface area (Å²) in [6.07, 6.45) is 1.44. The maximum Gasteiger partial charge on any atom is 0.345 e. The van der Waals surface area contributed by atoms with E-state index in [0.29, 0.717) is 17.4 Å². The van der Waals surface area contributed by atoms with E-state index in [1.807, 2.05) is 26.0 Å².